The maximum atomic E-state index is 12.9. The zero-order valence-corrected chi connectivity index (χ0v) is 13.6. The summed E-state index contributed by atoms with van der Waals surface area (Å²) in [5, 5.41) is 3.51. The van der Waals surface area contributed by atoms with Crippen LogP contribution in [0.2, 0.25) is 5.02 Å². The second-order valence-electron chi connectivity index (χ2n) is 5.13. The van der Waals surface area contributed by atoms with Gasteiger partial charge in [0.1, 0.15) is 10.7 Å². The van der Waals surface area contributed by atoms with E-state index in [1.165, 1.54) is 12.3 Å². The van der Waals surface area contributed by atoms with E-state index in [1.807, 2.05) is 6.92 Å². The van der Waals surface area contributed by atoms with Crippen molar-refractivity contribution in [2.45, 2.75) is 37.1 Å². The van der Waals surface area contributed by atoms with Crippen LogP contribution < -0.4 is 11.1 Å². The average Bonchev–Trinajstić information content (AvgIpc) is 2.48. The molecule has 0 spiro atoms. The summed E-state index contributed by atoms with van der Waals surface area (Å²) in [6.07, 6.45) is 3.70. The van der Waals surface area contributed by atoms with Crippen LogP contribution >= 0.6 is 11.6 Å². The number of nitrogens with two attached hydrogens (primary N) is 1. The molecule has 0 radical (unpaired) electrons. The molecule has 0 unspecified atom stereocenters. The van der Waals surface area contributed by atoms with Crippen molar-refractivity contribution in [3.8, 4) is 0 Å². The van der Waals surface area contributed by atoms with E-state index in [9.17, 15) is 8.42 Å². The van der Waals surface area contributed by atoms with E-state index in [4.69, 9.17) is 17.3 Å². The van der Waals surface area contributed by atoms with Crippen molar-refractivity contribution in [3.05, 3.63) is 17.3 Å². The summed E-state index contributed by atoms with van der Waals surface area (Å²) in [5.41, 5.74) is 5.75. The summed E-state index contributed by atoms with van der Waals surface area (Å²) in [4.78, 5) is 3.86. The standard InChI is InChI=1S/C13H21ClN4O2S/c1-2-7-18(11-3-5-16-6-4-11)21(19,20)12-8-10(14)9-17-13(12)15/h8-9,11,16H,2-7H2,1H3,(H2,15,17). The third kappa shape index (κ3) is 3.66. The number of hydrogen-bond acceptors (Lipinski definition) is 5. The van der Waals surface area contributed by atoms with E-state index in [-0.39, 0.29) is 21.8 Å². The van der Waals surface area contributed by atoms with Crippen LogP contribution in [-0.4, -0.2) is 43.4 Å². The minimum atomic E-state index is -3.68. The number of nitrogens with zero attached hydrogens (tertiary/aromatic N) is 2. The van der Waals surface area contributed by atoms with Gasteiger partial charge in [0.15, 0.2) is 0 Å². The molecule has 0 atom stereocenters. The Hall–Kier alpha value is -0.890. The number of anilines is 1. The van der Waals surface area contributed by atoms with Crippen molar-refractivity contribution in [2.75, 3.05) is 25.4 Å². The van der Waals surface area contributed by atoms with E-state index < -0.39 is 10.0 Å². The van der Waals surface area contributed by atoms with Gasteiger partial charge in [0.25, 0.3) is 0 Å². The Balaban J connectivity index is 2.39. The molecule has 8 heteroatoms. The van der Waals surface area contributed by atoms with Crippen molar-refractivity contribution in [1.82, 2.24) is 14.6 Å². The maximum absolute atomic E-state index is 12.9. The molecule has 1 fully saturated rings. The lowest BCUT2D eigenvalue weighted by Crippen LogP contribution is -2.46. The summed E-state index contributed by atoms with van der Waals surface area (Å²) < 4.78 is 27.4. The largest absolute Gasteiger partial charge is 0.383 e. The molecule has 1 aromatic heterocycles. The number of rotatable bonds is 5. The molecule has 0 saturated carbocycles. The first-order valence-corrected chi connectivity index (χ1v) is 8.92. The zero-order chi connectivity index (χ0) is 15.5. The first kappa shape index (κ1) is 16.5. The quantitative estimate of drug-likeness (QED) is 0.852. The van der Waals surface area contributed by atoms with Crippen LogP contribution in [0, 0.1) is 0 Å². The number of pyridine rings is 1. The monoisotopic (exact) mass is 332 g/mol. The third-order valence-corrected chi connectivity index (χ3v) is 5.78. The number of aromatic nitrogens is 1. The highest BCUT2D eigenvalue weighted by Gasteiger charge is 2.33. The number of nitrogens with one attached hydrogen (secondary N) is 1. The van der Waals surface area contributed by atoms with E-state index in [1.54, 1.807) is 4.31 Å². The highest BCUT2D eigenvalue weighted by atomic mass is 35.5. The molecule has 1 saturated heterocycles. The lowest BCUT2D eigenvalue weighted by atomic mass is 10.1. The Kier molecular flexibility index (Phi) is 5.43. The van der Waals surface area contributed by atoms with Gasteiger partial charge < -0.3 is 11.1 Å². The normalized spacial score (nSPS) is 17.3. The summed E-state index contributed by atoms with van der Waals surface area (Å²) in [6, 6.07) is 1.37. The molecule has 6 nitrogen and oxygen atoms in total. The van der Waals surface area contributed by atoms with Gasteiger partial charge in [-0.3, -0.25) is 0 Å². The highest BCUT2D eigenvalue weighted by molar-refractivity contribution is 7.89. The molecule has 0 aliphatic carbocycles. The Labute approximate surface area is 130 Å². The molecule has 3 N–H and O–H groups in total. The predicted octanol–water partition coefficient (Wildman–Crippen LogP) is 1.47. The average molecular weight is 333 g/mol. The first-order valence-electron chi connectivity index (χ1n) is 7.10. The Bertz CT molecular complexity index is 588. The van der Waals surface area contributed by atoms with E-state index in [2.05, 4.69) is 10.3 Å². The van der Waals surface area contributed by atoms with Gasteiger partial charge in [0.2, 0.25) is 10.0 Å². The van der Waals surface area contributed by atoms with Crippen LogP contribution in [0.3, 0.4) is 0 Å². The van der Waals surface area contributed by atoms with Gasteiger partial charge in [-0.15, -0.1) is 0 Å². The van der Waals surface area contributed by atoms with Gasteiger partial charge in [-0.1, -0.05) is 18.5 Å². The molecule has 2 rings (SSSR count). The molecular weight excluding hydrogens is 312 g/mol. The highest BCUT2D eigenvalue weighted by Crippen LogP contribution is 2.27. The summed E-state index contributed by atoms with van der Waals surface area (Å²) in [7, 11) is -3.68. The fourth-order valence-electron chi connectivity index (χ4n) is 2.58. The first-order chi connectivity index (χ1) is 9.96. The number of halogens is 1. The molecule has 0 aromatic carbocycles. The maximum Gasteiger partial charge on any atom is 0.247 e. The van der Waals surface area contributed by atoms with Gasteiger partial charge in [-0.25, -0.2) is 13.4 Å². The molecule has 0 amide bonds. The van der Waals surface area contributed by atoms with Gasteiger partial charge in [-0.2, -0.15) is 4.31 Å². The summed E-state index contributed by atoms with van der Waals surface area (Å²) in [5.74, 6) is -0.00515. The van der Waals surface area contributed by atoms with Gasteiger partial charge in [0, 0.05) is 18.8 Å². The molecule has 1 aliphatic rings. The minimum Gasteiger partial charge on any atom is -0.383 e. The molecule has 2 heterocycles. The van der Waals surface area contributed by atoms with Crippen molar-refractivity contribution in [3.63, 3.8) is 0 Å². The molecule has 21 heavy (non-hydrogen) atoms. The molecule has 1 aromatic rings. The molecule has 118 valence electrons. The fraction of sp³-hybridized carbons (Fsp3) is 0.615. The van der Waals surface area contributed by atoms with Crippen LogP contribution in [0.4, 0.5) is 5.82 Å². The Morgan fingerprint density at radius 3 is 2.76 bits per heavy atom. The zero-order valence-electron chi connectivity index (χ0n) is 12.0. The molecule has 0 bridgehead atoms. The van der Waals surface area contributed by atoms with Gasteiger partial charge >= 0.3 is 0 Å². The lowest BCUT2D eigenvalue weighted by molar-refractivity contribution is 0.262. The van der Waals surface area contributed by atoms with Crippen LogP contribution in [0.15, 0.2) is 17.2 Å². The predicted molar refractivity (Wildman–Crippen MR) is 83.7 cm³/mol. The van der Waals surface area contributed by atoms with E-state index in [0.717, 1.165) is 32.4 Å². The Morgan fingerprint density at radius 1 is 1.48 bits per heavy atom. The molecular formula is C13H21ClN4O2S. The number of hydrogen-bond donors (Lipinski definition) is 2. The van der Waals surface area contributed by atoms with Crippen LogP contribution in [-0.2, 0) is 10.0 Å². The SMILES string of the molecule is CCCN(C1CCNCC1)S(=O)(=O)c1cc(Cl)cnc1N. The summed E-state index contributed by atoms with van der Waals surface area (Å²) in [6.45, 7) is 4.08. The van der Waals surface area contributed by atoms with Crippen molar-refractivity contribution >= 4 is 27.4 Å². The van der Waals surface area contributed by atoms with Crippen LogP contribution in [0.25, 0.3) is 0 Å². The van der Waals surface area contributed by atoms with Gasteiger partial charge in [-0.05, 0) is 38.4 Å². The summed E-state index contributed by atoms with van der Waals surface area (Å²) >= 11 is 5.88. The van der Waals surface area contributed by atoms with Crippen molar-refractivity contribution < 1.29 is 8.42 Å². The second-order valence-corrected chi connectivity index (χ2v) is 7.43. The van der Waals surface area contributed by atoms with Crippen LogP contribution in [0.1, 0.15) is 26.2 Å². The van der Waals surface area contributed by atoms with Crippen molar-refractivity contribution in [2.24, 2.45) is 0 Å². The molecule has 1 aliphatic heterocycles. The second kappa shape index (κ2) is 6.91. The topological polar surface area (TPSA) is 88.3 Å². The van der Waals surface area contributed by atoms with Crippen LogP contribution in [0.5, 0.6) is 0 Å². The van der Waals surface area contributed by atoms with Gasteiger partial charge in [0.05, 0.1) is 5.02 Å². The van der Waals surface area contributed by atoms with E-state index in [0.29, 0.717) is 6.54 Å². The Morgan fingerprint density at radius 2 is 2.14 bits per heavy atom. The van der Waals surface area contributed by atoms with E-state index >= 15 is 0 Å². The lowest BCUT2D eigenvalue weighted by Gasteiger charge is -2.33. The third-order valence-electron chi connectivity index (χ3n) is 3.59. The number of piperidine rings is 1. The van der Waals surface area contributed by atoms with Crippen molar-refractivity contribution in [1.29, 1.82) is 0 Å². The fourth-order valence-corrected chi connectivity index (χ4v) is 4.67. The smallest absolute Gasteiger partial charge is 0.247 e. The minimum absolute atomic E-state index is 0.00184. The number of nitrogen functional groups attached to an aromatic ring is 1. The number of sulfonamides is 1.